The summed E-state index contributed by atoms with van der Waals surface area (Å²) < 4.78 is 30.8. The monoisotopic (exact) mass is 460 g/mol. The number of aliphatic carboxylic acids is 1. The van der Waals surface area contributed by atoms with E-state index in [1.165, 1.54) is 0 Å². The number of nitrogens with zero attached hydrogens (tertiary/aromatic N) is 4. The summed E-state index contributed by atoms with van der Waals surface area (Å²) in [6.45, 7) is 1.81. The molecule has 9 heteroatoms. The van der Waals surface area contributed by atoms with Crippen LogP contribution in [-0.2, 0) is 4.79 Å². The molecule has 0 bridgehead atoms. The molecular formula is C20H15BrF2N4O2. The van der Waals surface area contributed by atoms with Gasteiger partial charge >= 0.3 is 11.9 Å². The number of imidazole rings is 1. The molecule has 4 rings (SSSR count). The van der Waals surface area contributed by atoms with E-state index < -0.39 is 24.4 Å². The molecule has 3 aromatic rings. The summed E-state index contributed by atoms with van der Waals surface area (Å²) >= 11 is 3.45. The van der Waals surface area contributed by atoms with Crippen molar-refractivity contribution in [3.63, 3.8) is 0 Å². The Hall–Kier alpha value is -2.94. The third kappa shape index (κ3) is 3.46. The van der Waals surface area contributed by atoms with Crippen LogP contribution in [0.25, 0.3) is 5.69 Å². The Morgan fingerprint density at radius 2 is 2.07 bits per heavy atom. The highest BCUT2D eigenvalue weighted by molar-refractivity contribution is 9.10. The van der Waals surface area contributed by atoms with Gasteiger partial charge in [-0.25, -0.2) is 9.78 Å². The predicted molar refractivity (Wildman–Crippen MR) is 106 cm³/mol. The number of aromatic nitrogens is 3. The highest BCUT2D eigenvalue weighted by Gasteiger charge is 2.43. The second-order valence-corrected chi connectivity index (χ2v) is 7.59. The van der Waals surface area contributed by atoms with Crippen LogP contribution in [0.5, 0.6) is 0 Å². The van der Waals surface area contributed by atoms with E-state index >= 15 is 0 Å². The van der Waals surface area contributed by atoms with Gasteiger partial charge in [0.2, 0.25) is 0 Å². The zero-order valence-electron chi connectivity index (χ0n) is 15.2. The van der Waals surface area contributed by atoms with Crippen molar-refractivity contribution in [2.45, 2.75) is 25.3 Å². The van der Waals surface area contributed by atoms with Gasteiger partial charge in [0.25, 0.3) is 0 Å². The van der Waals surface area contributed by atoms with Crippen LogP contribution in [-0.4, -0.2) is 37.2 Å². The number of aryl methyl sites for hydroxylation is 1. The zero-order chi connectivity index (χ0) is 20.8. The number of halogens is 3. The summed E-state index contributed by atoms with van der Waals surface area (Å²) in [7, 11) is 0. The van der Waals surface area contributed by atoms with Crippen molar-refractivity contribution in [3.05, 3.63) is 76.0 Å². The topological polar surface area (TPSA) is 80.4 Å². The molecule has 0 saturated heterocycles. The Bertz CT molecular complexity index is 1130. The number of benzene rings is 1. The Kier molecular flexibility index (Phi) is 4.77. The Morgan fingerprint density at radius 3 is 2.76 bits per heavy atom. The smallest absolute Gasteiger partial charge is 0.374 e. The van der Waals surface area contributed by atoms with Crippen molar-refractivity contribution in [1.29, 1.82) is 0 Å². The number of carbonyl (C=O) groups is 1. The lowest BCUT2D eigenvalue weighted by Gasteiger charge is -2.17. The number of carboxylic acids is 1. The largest absolute Gasteiger partial charge is 0.477 e. The van der Waals surface area contributed by atoms with Crippen LogP contribution in [0.15, 0.2) is 58.3 Å². The molecule has 0 amide bonds. The molecule has 1 aromatic carbocycles. The standard InChI is InChI=1S/C20H15BrF2N4O2/c1-11-10-25-18-15(9-20(22,23)19(28)29)26-17(14-4-2-3-7-24-14)13-8-12(21)5-6-16(13)27(11)18/h2-8,10,15H,9H2,1H3,(H,28,29)/t15-/m0/s1. The molecular weight excluding hydrogens is 446 g/mol. The average Bonchev–Trinajstić information content (AvgIpc) is 3.00. The van der Waals surface area contributed by atoms with Gasteiger partial charge in [-0.2, -0.15) is 8.78 Å². The number of fused-ring (bicyclic) bond motifs is 3. The van der Waals surface area contributed by atoms with E-state index in [1.807, 2.05) is 18.2 Å². The molecule has 1 aliphatic heterocycles. The second-order valence-electron chi connectivity index (χ2n) is 6.68. The summed E-state index contributed by atoms with van der Waals surface area (Å²) in [5.74, 6) is -5.88. The first-order valence-corrected chi connectivity index (χ1v) is 9.52. The third-order valence-electron chi connectivity index (χ3n) is 4.67. The van der Waals surface area contributed by atoms with Crippen molar-refractivity contribution in [1.82, 2.24) is 14.5 Å². The molecule has 0 unspecified atom stereocenters. The summed E-state index contributed by atoms with van der Waals surface area (Å²) in [4.78, 5) is 24.2. The molecule has 1 atom stereocenters. The fourth-order valence-corrected chi connectivity index (χ4v) is 3.72. The molecule has 0 saturated carbocycles. The molecule has 0 spiro atoms. The van der Waals surface area contributed by atoms with E-state index in [-0.39, 0.29) is 5.82 Å². The maximum Gasteiger partial charge on any atom is 0.374 e. The van der Waals surface area contributed by atoms with E-state index in [2.05, 4.69) is 30.9 Å². The van der Waals surface area contributed by atoms with Crippen LogP contribution in [0.2, 0.25) is 0 Å². The van der Waals surface area contributed by atoms with Crippen LogP contribution in [0, 0.1) is 6.92 Å². The van der Waals surface area contributed by atoms with Crippen molar-refractivity contribution < 1.29 is 18.7 Å². The van der Waals surface area contributed by atoms with Gasteiger partial charge in [-0.15, -0.1) is 0 Å². The van der Waals surface area contributed by atoms with Gasteiger partial charge in [-0.3, -0.25) is 14.5 Å². The third-order valence-corrected chi connectivity index (χ3v) is 5.17. The van der Waals surface area contributed by atoms with Crippen LogP contribution >= 0.6 is 15.9 Å². The number of rotatable bonds is 4. The number of hydrogen-bond donors (Lipinski definition) is 1. The number of carboxylic acid groups (broad SMARTS) is 1. The minimum absolute atomic E-state index is 0.262. The summed E-state index contributed by atoms with van der Waals surface area (Å²) in [6, 6.07) is 9.60. The summed E-state index contributed by atoms with van der Waals surface area (Å²) in [5, 5.41) is 8.94. The van der Waals surface area contributed by atoms with Crippen molar-refractivity contribution >= 4 is 27.6 Å². The molecule has 2 aromatic heterocycles. The van der Waals surface area contributed by atoms with Crippen LogP contribution in [0.4, 0.5) is 8.78 Å². The van der Waals surface area contributed by atoms with E-state index in [0.29, 0.717) is 22.7 Å². The highest BCUT2D eigenvalue weighted by atomic mass is 79.9. The molecule has 1 aliphatic rings. The van der Waals surface area contributed by atoms with Gasteiger partial charge in [0.1, 0.15) is 11.9 Å². The first-order chi connectivity index (χ1) is 13.8. The van der Waals surface area contributed by atoms with Crippen LogP contribution in [0.1, 0.15) is 35.2 Å². The summed E-state index contributed by atoms with van der Waals surface area (Å²) in [5.41, 5.74) is 3.02. The first-order valence-electron chi connectivity index (χ1n) is 8.73. The lowest BCUT2D eigenvalue weighted by atomic mass is 10.0. The summed E-state index contributed by atoms with van der Waals surface area (Å²) in [6.07, 6.45) is 2.14. The fraction of sp³-hybridized carbons (Fsp3) is 0.200. The van der Waals surface area contributed by atoms with E-state index in [4.69, 9.17) is 5.11 Å². The molecule has 0 radical (unpaired) electrons. The first kappa shape index (κ1) is 19.4. The van der Waals surface area contributed by atoms with Gasteiger partial charge in [-0.05, 0) is 37.3 Å². The Labute approximate surface area is 173 Å². The molecule has 1 N–H and O–H groups in total. The average molecular weight is 461 g/mol. The number of pyridine rings is 1. The number of alkyl halides is 2. The Morgan fingerprint density at radius 1 is 1.28 bits per heavy atom. The van der Waals surface area contributed by atoms with Crippen LogP contribution < -0.4 is 0 Å². The van der Waals surface area contributed by atoms with E-state index in [1.54, 1.807) is 42.1 Å². The number of hydrogen-bond acceptors (Lipinski definition) is 4. The van der Waals surface area contributed by atoms with Crippen molar-refractivity contribution in [2.75, 3.05) is 0 Å². The normalized spacial score (nSPS) is 15.9. The SMILES string of the molecule is Cc1cnc2n1-c1ccc(Br)cc1C(c1ccccn1)=N[C@H]2CC(F)(F)C(=O)O. The fourth-order valence-electron chi connectivity index (χ4n) is 3.35. The van der Waals surface area contributed by atoms with Crippen molar-refractivity contribution in [2.24, 2.45) is 4.99 Å². The molecule has 6 nitrogen and oxygen atoms in total. The lowest BCUT2D eigenvalue weighted by molar-refractivity contribution is -0.166. The highest BCUT2D eigenvalue weighted by Crippen LogP contribution is 2.37. The van der Waals surface area contributed by atoms with Gasteiger partial charge in [0.05, 0.1) is 23.5 Å². The molecule has 29 heavy (non-hydrogen) atoms. The van der Waals surface area contributed by atoms with Crippen LogP contribution in [0.3, 0.4) is 0 Å². The maximum atomic E-state index is 14.2. The van der Waals surface area contributed by atoms with E-state index in [9.17, 15) is 13.6 Å². The van der Waals surface area contributed by atoms with E-state index in [0.717, 1.165) is 10.2 Å². The van der Waals surface area contributed by atoms with Gasteiger partial charge in [-0.1, -0.05) is 22.0 Å². The van der Waals surface area contributed by atoms with Crippen molar-refractivity contribution in [3.8, 4) is 5.69 Å². The lowest BCUT2D eigenvalue weighted by Crippen LogP contribution is -2.30. The van der Waals surface area contributed by atoms with Gasteiger partial charge in [0.15, 0.2) is 0 Å². The Balaban J connectivity index is 2.00. The molecule has 0 fully saturated rings. The number of aliphatic imine (C=N–C) groups is 1. The minimum Gasteiger partial charge on any atom is -0.477 e. The molecule has 148 valence electrons. The minimum atomic E-state index is -3.95. The molecule has 3 heterocycles. The van der Waals surface area contributed by atoms with Gasteiger partial charge < -0.3 is 5.11 Å². The second kappa shape index (κ2) is 7.14. The maximum absolute atomic E-state index is 14.2. The zero-order valence-corrected chi connectivity index (χ0v) is 16.8. The van der Waals surface area contributed by atoms with Gasteiger partial charge in [0, 0.05) is 28.1 Å². The molecule has 0 aliphatic carbocycles. The predicted octanol–water partition coefficient (Wildman–Crippen LogP) is 4.34. The quantitative estimate of drug-likeness (QED) is 0.627.